The molecule has 0 heterocycles. The zero-order valence-electron chi connectivity index (χ0n) is 10.4. The van der Waals surface area contributed by atoms with E-state index < -0.39 is 5.82 Å². The maximum atomic E-state index is 13.0. The van der Waals surface area contributed by atoms with Crippen molar-refractivity contribution in [3.05, 3.63) is 35.6 Å². The second-order valence-electron chi connectivity index (χ2n) is 4.70. The first-order valence-electron chi connectivity index (χ1n) is 6.29. The van der Waals surface area contributed by atoms with Gasteiger partial charge in [-0.05, 0) is 43.4 Å². The molecule has 0 bridgehead atoms. The van der Waals surface area contributed by atoms with Gasteiger partial charge in [0.1, 0.15) is 5.82 Å². The normalized spacial score (nSPS) is 21.9. The summed E-state index contributed by atoms with van der Waals surface area (Å²) in [5.74, 6) is -0.354. The third kappa shape index (κ3) is 3.15. The van der Waals surface area contributed by atoms with Crippen molar-refractivity contribution in [3.63, 3.8) is 0 Å². The summed E-state index contributed by atoms with van der Waals surface area (Å²) >= 11 is 0. The number of carbonyl (C=O) groups excluding carboxylic acids is 1. The third-order valence-corrected chi connectivity index (χ3v) is 3.28. The molecule has 96 valence electrons. The van der Waals surface area contributed by atoms with E-state index in [1.54, 1.807) is 6.07 Å². The highest BCUT2D eigenvalue weighted by molar-refractivity contribution is 5.95. The topological polar surface area (TPSA) is 41.5 Å². The molecular formula is C14H17FN2O. The fourth-order valence-electron chi connectivity index (χ4n) is 2.15. The molecule has 4 heteroatoms. The zero-order chi connectivity index (χ0) is 13.0. The van der Waals surface area contributed by atoms with Crippen LogP contribution in [0.1, 0.15) is 43.0 Å². The smallest absolute Gasteiger partial charge is 0.267 e. The summed E-state index contributed by atoms with van der Waals surface area (Å²) < 4.78 is 13.0. The van der Waals surface area contributed by atoms with Crippen LogP contribution in [0, 0.1) is 11.7 Å². The van der Waals surface area contributed by atoms with Crippen LogP contribution in [-0.2, 0) is 0 Å². The molecule has 1 N–H and O–H groups in total. The van der Waals surface area contributed by atoms with Crippen molar-refractivity contribution in [3.8, 4) is 0 Å². The number of hydrazone groups is 1. The first kappa shape index (κ1) is 12.7. The van der Waals surface area contributed by atoms with Crippen molar-refractivity contribution >= 4 is 11.6 Å². The number of nitrogens with zero attached hydrogens (tertiary/aromatic N) is 1. The van der Waals surface area contributed by atoms with Crippen LogP contribution in [0.5, 0.6) is 0 Å². The summed E-state index contributed by atoms with van der Waals surface area (Å²) in [5.41, 5.74) is 3.84. The molecule has 3 nitrogen and oxygen atoms in total. The lowest BCUT2D eigenvalue weighted by Crippen LogP contribution is -2.24. The Hall–Kier alpha value is -1.71. The first-order valence-corrected chi connectivity index (χ1v) is 6.29. The Kier molecular flexibility index (Phi) is 4.07. The van der Waals surface area contributed by atoms with E-state index in [0.29, 0.717) is 11.5 Å². The molecule has 1 aliphatic carbocycles. The van der Waals surface area contributed by atoms with Gasteiger partial charge in [-0.3, -0.25) is 4.79 Å². The molecule has 1 atom stereocenters. The van der Waals surface area contributed by atoms with Gasteiger partial charge in [-0.1, -0.05) is 19.4 Å². The van der Waals surface area contributed by atoms with Crippen LogP contribution in [0.4, 0.5) is 4.39 Å². The third-order valence-electron chi connectivity index (χ3n) is 3.28. The van der Waals surface area contributed by atoms with E-state index in [1.807, 2.05) is 0 Å². The fourth-order valence-corrected chi connectivity index (χ4v) is 2.15. The number of nitrogens with one attached hydrogen (secondary N) is 1. The molecule has 2 rings (SSSR count). The van der Waals surface area contributed by atoms with E-state index in [-0.39, 0.29) is 5.91 Å². The van der Waals surface area contributed by atoms with Gasteiger partial charge < -0.3 is 0 Å². The lowest BCUT2D eigenvalue weighted by molar-refractivity contribution is 0.0954. The minimum absolute atomic E-state index is 0.294. The Morgan fingerprint density at radius 1 is 1.44 bits per heavy atom. The van der Waals surface area contributed by atoms with Crippen molar-refractivity contribution in [2.75, 3.05) is 0 Å². The van der Waals surface area contributed by atoms with Crippen LogP contribution in [0.15, 0.2) is 29.4 Å². The molecule has 0 unspecified atom stereocenters. The summed E-state index contributed by atoms with van der Waals surface area (Å²) in [7, 11) is 0. The maximum absolute atomic E-state index is 13.0. The zero-order valence-corrected chi connectivity index (χ0v) is 10.4. The summed E-state index contributed by atoms with van der Waals surface area (Å²) in [6, 6.07) is 5.61. The molecule has 0 aromatic heterocycles. The Bertz CT molecular complexity index is 471. The number of hydrogen-bond acceptors (Lipinski definition) is 2. The molecule has 1 saturated carbocycles. The van der Waals surface area contributed by atoms with Crippen molar-refractivity contribution in [1.82, 2.24) is 5.43 Å². The minimum Gasteiger partial charge on any atom is -0.267 e. The molecule has 18 heavy (non-hydrogen) atoms. The van der Waals surface area contributed by atoms with Crippen molar-refractivity contribution in [2.24, 2.45) is 11.0 Å². The molecule has 1 aromatic carbocycles. The molecule has 1 aromatic rings. The van der Waals surface area contributed by atoms with E-state index >= 15 is 0 Å². The van der Waals surface area contributed by atoms with Gasteiger partial charge in [0.05, 0.1) is 0 Å². The van der Waals surface area contributed by atoms with Crippen LogP contribution in [0.25, 0.3) is 0 Å². The van der Waals surface area contributed by atoms with E-state index in [2.05, 4.69) is 17.5 Å². The first-order chi connectivity index (χ1) is 8.66. The molecule has 0 spiro atoms. The fraction of sp³-hybridized carbons (Fsp3) is 0.429. The number of halogens is 1. The van der Waals surface area contributed by atoms with Gasteiger partial charge in [0.25, 0.3) is 5.91 Å². The van der Waals surface area contributed by atoms with Gasteiger partial charge in [-0.15, -0.1) is 0 Å². The van der Waals surface area contributed by atoms with Gasteiger partial charge in [-0.25, -0.2) is 9.82 Å². The molecular weight excluding hydrogens is 231 g/mol. The molecule has 0 aliphatic heterocycles. The Labute approximate surface area is 106 Å². The number of benzene rings is 1. The van der Waals surface area contributed by atoms with Crippen LogP contribution in [-0.4, -0.2) is 11.6 Å². The second-order valence-corrected chi connectivity index (χ2v) is 4.70. The van der Waals surface area contributed by atoms with E-state index in [4.69, 9.17) is 0 Å². The summed E-state index contributed by atoms with van der Waals surface area (Å²) in [5, 5.41) is 4.16. The Balaban J connectivity index is 2.01. The van der Waals surface area contributed by atoms with Gasteiger partial charge >= 0.3 is 0 Å². The van der Waals surface area contributed by atoms with E-state index in [1.165, 1.54) is 24.6 Å². The van der Waals surface area contributed by atoms with Gasteiger partial charge in [0, 0.05) is 11.3 Å². The van der Waals surface area contributed by atoms with Crippen molar-refractivity contribution < 1.29 is 9.18 Å². The van der Waals surface area contributed by atoms with Crippen LogP contribution in [0.3, 0.4) is 0 Å². The Morgan fingerprint density at radius 3 is 3.00 bits per heavy atom. The van der Waals surface area contributed by atoms with Crippen LogP contribution >= 0.6 is 0 Å². The standard InChI is InChI=1S/C14H17FN2O/c1-10-5-2-3-8-13(10)16-17-14(18)11-6-4-7-12(15)9-11/h4,6-7,9-10H,2-3,5,8H2,1H3,(H,17,18)/b16-13-/t10-/m1/s1. The molecule has 1 aliphatic rings. The monoisotopic (exact) mass is 248 g/mol. The largest absolute Gasteiger partial charge is 0.271 e. The van der Waals surface area contributed by atoms with Gasteiger partial charge in [0.15, 0.2) is 0 Å². The maximum Gasteiger partial charge on any atom is 0.271 e. The summed E-state index contributed by atoms with van der Waals surface area (Å²) in [6.07, 6.45) is 4.40. The minimum atomic E-state index is -0.415. The lowest BCUT2D eigenvalue weighted by atomic mass is 9.89. The average Bonchev–Trinajstić information content (AvgIpc) is 2.37. The molecule has 1 amide bonds. The van der Waals surface area contributed by atoms with Crippen molar-refractivity contribution in [1.29, 1.82) is 0 Å². The van der Waals surface area contributed by atoms with Crippen molar-refractivity contribution in [2.45, 2.75) is 32.6 Å². The van der Waals surface area contributed by atoms with E-state index in [9.17, 15) is 9.18 Å². The predicted octanol–water partition coefficient (Wildman–Crippen LogP) is 3.12. The molecule has 1 fully saturated rings. The SMILES string of the molecule is C[C@@H]1CCCC/C1=N/NC(=O)c1cccc(F)c1. The van der Waals surface area contributed by atoms with Gasteiger partial charge in [-0.2, -0.15) is 5.10 Å². The number of hydrogen-bond donors (Lipinski definition) is 1. The van der Waals surface area contributed by atoms with Crippen LogP contribution in [0.2, 0.25) is 0 Å². The second kappa shape index (κ2) is 5.76. The summed E-state index contributed by atoms with van der Waals surface area (Å²) in [6.45, 7) is 2.12. The highest BCUT2D eigenvalue weighted by atomic mass is 19.1. The highest BCUT2D eigenvalue weighted by Gasteiger charge is 2.16. The van der Waals surface area contributed by atoms with Crippen LogP contribution < -0.4 is 5.43 Å². The molecule has 0 radical (unpaired) electrons. The van der Waals surface area contributed by atoms with Gasteiger partial charge in [0.2, 0.25) is 0 Å². The molecule has 0 saturated heterocycles. The quantitative estimate of drug-likeness (QED) is 0.803. The highest BCUT2D eigenvalue weighted by Crippen LogP contribution is 2.20. The average molecular weight is 248 g/mol. The summed E-state index contributed by atoms with van der Waals surface area (Å²) in [4.78, 5) is 11.8. The predicted molar refractivity (Wildman–Crippen MR) is 68.9 cm³/mol. The Morgan fingerprint density at radius 2 is 2.28 bits per heavy atom. The lowest BCUT2D eigenvalue weighted by Gasteiger charge is -2.19. The number of rotatable bonds is 2. The van der Waals surface area contributed by atoms with E-state index in [0.717, 1.165) is 25.0 Å². The number of amides is 1. The number of carbonyl (C=O) groups is 1.